The maximum Gasteiger partial charge on any atom is 0.291 e. The minimum absolute atomic E-state index is 0.159. The summed E-state index contributed by atoms with van der Waals surface area (Å²) in [4.78, 5) is 23.7. The van der Waals surface area contributed by atoms with Gasteiger partial charge in [0.25, 0.3) is 5.91 Å². The van der Waals surface area contributed by atoms with E-state index in [1.807, 2.05) is 12.1 Å². The summed E-state index contributed by atoms with van der Waals surface area (Å²) in [5, 5.41) is 2.77. The predicted octanol–water partition coefficient (Wildman–Crippen LogP) is 2.42. The van der Waals surface area contributed by atoms with Crippen molar-refractivity contribution in [3.8, 4) is 0 Å². The Bertz CT molecular complexity index is 637. The van der Waals surface area contributed by atoms with Gasteiger partial charge in [-0.1, -0.05) is 12.1 Å². The average molecular weight is 290 g/mol. The van der Waals surface area contributed by atoms with Crippen LogP contribution in [0.5, 0.6) is 0 Å². The Kier molecular flexibility index (Phi) is 4.47. The second kappa shape index (κ2) is 6.29. The van der Waals surface area contributed by atoms with E-state index in [2.05, 4.69) is 5.32 Å². The first-order valence-corrected chi connectivity index (χ1v) is 6.92. The molecule has 0 saturated carbocycles. The predicted molar refractivity (Wildman–Crippen MR) is 77.8 cm³/mol. The largest absolute Gasteiger partial charge is 0.459 e. The smallest absolute Gasteiger partial charge is 0.291 e. The van der Waals surface area contributed by atoms with Crippen LogP contribution in [0.3, 0.4) is 0 Å². The summed E-state index contributed by atoms with van der Waals surface area (Å²) >= 11 is 1.28. The van der Waals surface area contributed by atoms with E-state index in [1.165, 1.54) is 18.0 Å². The van der Waals surface area contributed by atoms with Crippen LogP contribution in [0.2, 0.25) is 0 Å². The second-order valence-corrected chi connectivity index (χ2v) is 5.16. The molecule has 20 heavy (non-hydrogen) atoms. The molecule has 0 bridgehead atoms. The van der Waals surface area contributed by atoms with E-state index in [9.17, 15) is 9.59 Å². The number of anilines is 1. The number of para-hydroxylation sites is 1. The van der Waals surface area contributed by atoms with E-state index in [4.69, 9.17) is 10.2 Å². The van der Waals surface area contributed by atoms with Gasteiger partial charge in [0.2, 0.25) is 5.91 Å². The van der Waals surface area contributed by atoms with Gasteiger partial charge < -0.3 is 15.5 Å². The molecule has 5 nitrogen and oxygen atoms in total. The minimum atomic E-state index is -0.405. The zero-order chi connectivity index (χ0) is 14.5. The zero-order valence-electron chi connectivity index (χ0n) is 10.9. The van der Waals surface area contributed by atoms with Gasteiger partial charge in [-0.2, -0.15) is 0 Å². The number of furan rings is 1. The van der Waals surface area contributed by atoms with Crippen molar-refractivity contribution in [1.82, 2.24) is 0 Å². The number of rotatable bonds is 5. The Morgan fingerprint density at radius 2 is 2.05 bits per heavy atom. The van der Waals surface area contributed by atoms with Crippen molar-refractivity contribution >= 4 is 29.3 Å². The minimum Gasteiger partial charge on any atom is -0.459 e. The second-order valence-electron chi connectivity index (χ2n) is 4.14. The number of amides is 2. The summed E-state index contributed by atoms with van der Waals surface area (Å²) in [6.07, 6.45) is 1.47. The maximum absolute atomic E-state index is 12.1. The Morgan fingerprint density at radius 1 is 1.30 bits per heavy atom. The molecular weight excluding hydrogens is 276 g/mol. The van der Waals surface area contributed by atoms with Gasteiger partial charge in [0.15, 0.2) is 5.76 Å². The van der Waals surface area contributed by atoms with Crippen LogP contribution in [0.1, 0.15) is 16.1 Å². The molecule has 1 heterocycles. The van der Waals surface area contributed by atoms with Gasteiger partial charge >= 0.3 is 0 Å². The number of thioether (sulfide) groups is 1. The third-order valence-electron chi connectivity index (χ3n) is 2.57. The Balaban J connectivity index is 2.15. The van der Waals surface area contributed by atoms with Crippen LogP contribution >= 0.6 is 11.8 Å². The molecule has 0 unspecified atom stereocenters. The summed E-state index contributed by atoms with van der Waals surface area (Å²) in [7, 11) is 0. The fourth-order valence-electron chi connectivity index (χ4n) is 1.63. The maximum atomic E-state index is 12.1. The van der Waals surface area contributed by atoms with Gasteiger partial charge in [-0.15, -0.1) is 11.8 Å². The molecule has 1 aromatic carbocycles. The first kappa shape index (κ1) is 14.2. The quantitative estimate of drug-likeness (QED) is 0.828. The molecule has 0 fully saturated rings. The molecule has 104 valence electrons. The van der Waals surface area contributed by atoms with E-state index in [0.29, 0.717) is 5.69 Å². The number of hydrogen-bond acceptors (Lipinski definition) is 4. The van der Waals surface area contributed by atoms with E-state index in [-0.39, 0.29) is 17.4 Å². The fraction of sp³-hybridized carbons (Fsp3) is 0.143. The number of hydrogen-bond donors (Lipinski definition) is 2. The normalized spacial score (nSPS) is 10.2. The molecule has 0 aliphatic rings. The molecule has 0 aliphatic carbocycles. The fourth-order valence-corrected chi connectivity index (χ4v) is 2.38. The molecule has 0 saturated heterocycles. The lowest BCUT2D eigenvalue weighted by atomic mass is 10.2. The number of carbonyl (C=O) groups excluding carboxylic acids is 2. The Labute approximate surface area is 120 Å². The molecule has 2 rings (SSSR count). The van der Waals surface area contributed by atoms with E-state index in [1.54, 1.807) is 25.1 Å². The SMILES string of the molecule is Cc1ccoc1C(=O)Nc1ccccc1SCC(N)=O. The number of carbonyl (C=O) groups is 2. The number of benzene rings is 1. The molecule has 0 atom stereocenters. The summed E-state index contributed by atoms with van der Waals surface area (Å²) < 4.78 is 5.14. The van der Waals surface area contributed by atoms with Crippen LogP contribution in [0.15, 0.2) is 45.9 Å². The molecule has 3 N–H and O–H groups in total. The van der Waals surface area contributed by atoms with Crippen LogP contribution in [0, 0.1) is 6.92 Å². The van der Waals surface area contributed by atoms with Gasteiger partial charge in [0, 0.05) is 10.5 Å². The summed E-state index contributed by atoms with van der Waals surface area (Å²) in [6.45, 7) is 1.80. The lowest BCUT2D eigenvalue weighted by Crippen LogP contribution is -2.14. The van der Waals surface area contributed by atoms with E-state index >= 15 is 0 Å². The average Bonchev–Trinajstić information content (AvgIpc) is 2.84. The number of aryl methyl sites for hydroxylation is 1. The highest BCUT2D eigenvalue weighted by molar-refractivity contribution is 8.00. The van der Waals surface area contributed by atoms with Gasteiger partial charge in [-0.05, 0) is 25.1 Å². The van der Waals surface area contributed by atoms with E-state index in [0.717, 1.165) is 10.5 Å². The van der Waals surface area contributed by atoms with Crippen molar-refractivity contribution in [2.45, 2.75) is 11.8 Å². The molecule has 0 spiro atoms. The van der Waals surface area contributed by atoms with Gasteiger partial charge in [0.05, 0.1) is 17.7 Å². The highest BCUT2D eigenvalue weighted by Gasteiger charge is 2.14. The highest BCUT2D eigenvalue weighted by Crippen LogP contribution is 2.27. The third kappa shape index (κ3) is 3.42. The number of nitrogens with two attached hydrogens (primary N) is 1. The van der Waals surface area contributed by atoms with Crippen molar-refractivity contribution in [1.29, 1.82) is 0 Å². The summed E-state index contributed by atoms with van der Waals surface area (Å²) in [5.74, 6) is -0.288. The Hall–Kier alpha value is -2.21. The van der Waals surface area contributed by atoms with Gasteiger partial charge in [0.1, 0.15) is 0 Å². The van der Waals surface area contributed by atoms with Crippen LogP contribution in [-0.4, -0.2) is 17.6 Å². The van der Waals surface area contributed by atoms with Crippen molar-refractivity contribution in [2.24, 2.45) is 5.73 Å². The summed E-state index contributed by atoms with van der Waals surface area (Å²) in [6, 6.07) is 8.94. The third-order valence-corrected chi connectivity index (χ3v) is 3.67. The van der Waals surface area contributed by atoms with Crippen molar-refractivity contribution in [3.63, 3.8) is 0 Å². The summed E-state index contributed by atoms with van der Waals surface area (Å²) in [5.41, 5.74) is 6.52. The standard InChI is InChI=1S/C14H14N2O3S/c1-9-6-7-19-13(9)14(18)16-10-4-2-3-5-11(10)20-8-12(15)17/h2-7H,8H2,1H3,(H2,15,17)(H,16,18). The van der Waals surface area contributed by atoms with Gasteiger partial charge in [-0.25, -0.2) is 0 Å². The van der Waals surface area contributed by atoms with Crippen molar-refractivity contribution in [3.05, 3.63) is 47.9 Å². The first-order valence-electron chi connectivity index (χ1n) is 5.93. The molecule has 2 aromatic rings. The van der Waals surface area contributed by atoms with Crippen molar-refractivity contribution < 1.29 is 14.0 Å². The molecule has 1 aromatic heterocycles. The van der Waals surface area contributed by atoms with Gasteiger partial charge in [-0.3, -0.25) is 9.59 Å². The van der Waals surface area contributed by atoms with E-state index < -0.39 is 5.91 Å². The number of nitrogens with one attached hydrogen (secondary N) is 1. The molecular formula is C14H14N2O3S. The Morgan fingerprint density at radius 3 is 2.70 bits per heavy atom. The lowest BCUT2D eigenvalue weighted by molar-refractivity contribution is -0.115. The number of primary amides is 1. The molecule has 6 heteroatoms. The molecule has 2 amide bonds. The van der Waals surface area contributed by atoms with Crippen LogP contribution in [-0.2, 0) is 4.79 Å². The monoisotopic (exact) mass is 290 g/mol. The van der Waals surface area contributed by atoms with Crippen LogP contribution in [0.25, 0.3) is 0 Å². The molecule has 0 aliphatic heterocycles. The zero-order valence-corrected chi connectivity index (χ0v) is 11.7. The first-order chi connectivity index (χ1) is 9.58. The highest BCUT2D eigenvalue weighted by atomic mass is 32.2. The van der Waals surface area contributed by atoms with Crippen LogP contribution in [0.4, 0.5) is 5.69 Å². The lowest BCUT2D eigenvalue weighted by Gasteiger charge is -2.09. The topological polar surface area (TPSA) is 85.3 Å². The molecule has 0 radical (unpaired) electrons. The van der Waals surface area contributed by atoms with Crippen molar-refractivity contribution in [2.75, 3.05) is 11.1 Å². The van der Waals surface area contributed by atoms with Crippen LogP contribution < -0.4 is 11.1 Å².